The summed E-state index contributed by atoms with van der Waals surface area (Å²) in [7, 11) is 0. The van der Waals surface area contributed by atoms with Crippen LogP contribution in [0.3, 0.4) is 0 Å². The van der Waals surface area contributed by atoms with Crippen molar-refractivity contribution in [1.82, 2.24) is 25.5 Å². The monoisotopic (exact) mass is 498 g/mol. The van der Waals surface area contributed by atoms with Gasteiger partial charge in [0.15, 0.2) is 0 Å². The number of hydrogen-bond donors (Lipinski definition) is 2. The molecule has 0 radical (unpaired) electrons. The predicted octanol–water partition coefficient (Wildman–Crippen LogP) is 4.04. The van der Waals surface area contributed by atoms with Crippen molar-refractivity contribution in [3.63, 3.8) is 0 Å². The van der Waals surface area contributed by atoms with Gasteiger partial charge in [-0.2, -0.15) is 4.80 Å². The number of rotatable bonds is 7. The number of nitrogens with zero attached hydrogens (tertiary/aromatic N) is 5. The molecule has 1 unspecified atom stereocenters. The van der Waals surface area contributed by atoms with Gasteiger partial charge in [0.2, 0.25) is 11.7 Å². The number of amides is 2. The third kappa shape index (κ3) is 6.38. The zero-order chi connectivity index (χ0) is 26.6. The zero-order valence-electron chi connectivity index (χ0n) is 21.3. The molecule has 0 aliphatic heterocycles. The number of aromatic hydroxyl groups is 1. The van der Waals surface area contributed by atoms with Crippen LogP contribution in [0.5, 0.6) is 5.75 Å². The van der Waals surface area contributed by atoms with Gasteiger partial charge in [-0.1, -0.05) is 60.2 Å². The highest BCUT2D eigenvalue weighted by Gasteiger charge is 2.34. The maximum atomic E-state index is 13.8. The highest BCUT2D eigenvalue weighted by atomic mass is 16.3. The number of para-hydroxylation sites is 1. The molecule has 9 heteroatoms. The van der Waals surface area contributed by atoms with Crippen molar-refractivity contribution in [2.24, 2.45) is 0 Å². The van der Waals surface area contributed by atoms with Gasteiger partial charge in [0.1, 0.15) is 18.3 Å². The number of tetrazole rings is 1. The summed E-state index contributed by atoms with van der Waals surface area (Å²) in [6.45, 7) is 7.38. The Bertz CT molecular complexity index is 1360. The first kappa shape index (κ1) is 25.6. The summed E-state index contributed by atoms with van der Waals surface area (Å²) in [6, 6.07) is 21.9. The summed E-state index contributed by atoms with van der Waals surface area (Å²) in [5.74, 6) is -0.296. The number of nitrogens with one attached hydrogen (secondary N) is 1. The lowest BCUT2D eigenvalue weighted by Crippen LogP contribution is -2.50. The molecule has 1 heterocycles. The second-order valence-electron chi connectivity index (χ2n) is 9.84. The fraction of sp³-hybridized carbons (Fsp3) is 0.250. The van der Waals surface area contributed by atoms with Gasteiger partial charge in [-0.3, -0.25) is 14.5 Å². The van der Waals surface area contributed by atoms with Gasteiger partial charge >= 0.3 is 0 Å². The number of anilines is 1. The number of carbonyl (C=O) groups is 2. The largest absolute Gasteiger partial charge is 0.508 e. The van der Waals surface area contributed by atoms with Crippen molar-refractivity contribution in [2.45, 2.75) is 45.8 Å². The summed E-state index contributed by atoms with van der Waals surface area (Å²) < 4.78 is 0. The molecule has 0 aliphatic rings. The average Bonchev–Trinajstić information content (AvgIpc) is 3.31. The van der Waals surface area contributed by atoms with Crippen LogP contribution < -0.4 is 10.2 Å². The first-order chi connectivity index (χ1) is 17.6. The van der Waals surface area contributed by atoms with E-state index >= 15 is 0 Å². The molecule has 1 atom stereocenters. The molecule has 3 aromatic carbocycles. The van der Waals surface area contributed by atoms with Crippen LogP contribution in [-0.2, 0) is 16.1 Å². The molecule has 0 fully saturated rings. The second kappa shape index (κ2) is 10.6. The minimum atomic E-state index is -1.00. The quantitative estimate of drug-likeness (QED) is 0.398. The summed E-state index contributed by atoms with van der Waals surface area (Å²) in [5, 5.41) is 25.4. The molecular weight excluding hydrogens is 468 g/mol. The third-order valence-electron chi connectivity index (χ3n) is 5.56. The summed E-state index contributed by atoms with van der Waals surface area (Å²) in [6.07, 6.45) is 0. The smallest absolute Gasteiger partial charge is 0.251 e. The number of phenolic OH excluding ortho intramolecular Hbond substituents is 1. The van der Waals surface area contributed by atoms with Crippen molar-refractivity contribution >= 4 is 17.5 Å². The molecular formula is C28H30N6O3. The lowest BCUT2D eigenvalue weighted by Gasteiger charge is -2.33. The summed E-state index contributed by atoms with van der Waals surface area (Å²) in [5.41, 5.74) is 2.44. The van der Waals surface area contributed by atoms with Gasteiger partial charge in [0.25, 0.3) is 5.91 Å². The number of carbonyl (C=O) groups excluding carboxylic acids is 2. The maximum absolute atomic E-state index is 13.8. The molecule has 37 heavy (non-hydrogen) atoms. The maximum Gasteiger partial charge on any atom is 0.251 e. The molecule has 0 bridgehead atoms. The molecule has 9 nitrogen and oxygen atoms in total. The fourth-order valence-corrected chi connectivity index (χ4v) is 3.86. The Morgan fingerprint density at radius 3 is 2.24 bits per heavy atom. The highest BCUT2D eigenvalue weighted by molar-refractivity contribution is 6.01. The Morgan fingerprint density at radius 2 is 1.62 bits per heavy atom. The minimum absolute atomic E-state index is 0.0618. The van der Waals surface area contributed by atoms with Crippen LogP contribution in [-0.4, -0.2) is 42.7 Å². The number of hydrogen-bond acceptors (Lipinski definition) is 6. The van der Waals surface area contributed by atoms with Crippen molar-refractivity contribution in [3.8, 4) is 17.1 Å². The van der Waals surface area contributed by atoms with E-state index in [0.29, 0.717) is 17.1 Å². The molecule has 4 aromatic rings. The standard InChI is InChI=1S/C28H30N6O3/c1-19-10-12-21(13-11-19)26-30-32-33(31-26)18-24(36)34(22-8-6-5-7-9-22)25(27(37)29-28(2,3)4)20-14-16-23(35)17-15-20/h5-17,25,35H,18H2,1-4H3,(H,29,37). The van der Waals surface area contributed by atoms with Gasteiger partial charge in [-0.25, -0.2) is 0 Å². The van der Waals surface area contributed by atoms with Gasteiger partial charge in [-0.15, -0.1) is 10.2 Å². The second-order valence-corrected chi connectivity index (χ2v) is 9.84. The molecule has 0 aliphatic carbocycles. The number of aryl methyl sites for hydroxylation is 1. The van der Waals surface area contributed by atoms with Crippen LogP contribution in [0.25, 0.3) is 11.4 Å². The van der Waals surface area contributed by atoms with Gasteiger partial charge in [0.05, 0.1) is 0 Å². The Morgan fingerprint density at radius 1 is 0.973 bits per heavy atom. The normalized spacial score (nSPS) is 12.1. The van der Waals surface area contributed by atoms with E-state index in [-0.39, 0.29) is 18.2 Å². The molecule has 0 spiro atoms. The molecule has 0 saturated carbocycles. The van der Waals surface area contributed by atoms with Crippen LogP contribution >= 0.6 is 0 Å². The average molecular weight is 499 g/mol. The fourth-order valence-electron chi connectivity index (χ4n) is 3.86. The lowest BCUT2D eigenvalue weighted by molar-refractivity contribution is -0.128. The predicted molar refractivity (Wildman–Crippen MR) is 141 cm³/mol. The first-order valence-corrected chi connectivity index (χ1v) is 11.9. The SMILES string of the molecule is Cc1ccc(-c2nnn(CC(=O)N(c3ccccc3)C(C(=O)NC(C)(C)C)c3ccc(O)cc3)n2)cc1. The van der Waals surface area contributed by atoms with Crippen LogP contribution in [0.4, 0.5) is 5.69 Å². The van der Waals surface area contributed by atoms with E-state index in [1.165, 1.54) is 21.8 Å². The van der Waals surface area contributed by atoms with Crippen LogP contribution in [0.2, 0.25) is 0 Å². The molecule has 2 N–H and O–H groups in total. The van der Waals surface area contributed by atoms with E-state index in [1.54, 1.807) is 36.4 Å². The van der Waals surface area contributed by atoms with E-state index < -0.39 is 17.5 Å². The summed E-state index contributed by atoms with van der Waals surface area (Å²) in [4.78, 5) is 30.1. The van der Waals surface area contributed by atoms with Crippen molar-refractivity contribution < 1.29 is 14.7 Å². The van der Waals surface area contributed by atoms with Gasteiger partial charge in [0, 0.05) is 16.8 Å². The number of aromatic nitrogens is 4. The topological polar surface area (TPSA) is 113 Å². The number of benzene rings is 3. The van der Waals surface area contributed by atoms with Crippen molar-refractivity contribution in [3.05, 3.63) is 90.0 Å². The molecule has 4 rings (SSSR count). The Labute approximate surface area is 215 Å². The van der Waals surface area contributed by atoms with Gasteiger partial charge < -0.3 is 10.4 Å². The lowest BCUT2D eigenvalue weighted by atomic mass is 10.0. The third-order valence-corrected chi connectivity index (χ3v) is 5.56. The molecule has 1 aromatic heterocycles. The van der Waals surface area contributed by atoms with Crippen LogP contribution in [0, 0.1) is 6.92 Å². The van der Waals surface area contributed by atoms with Crippen molar-refractivity contribution in [1.29, 1.82) is 0 Å². The Kier molecular flexibility index (Phi) is 7.33. The molecule has 190 valence electrons. The molecule has 2 amide bonds. The highest BCUT2D eigenvalue weighted by Crippen LogP contribution is 2.30. The zero-order valence-corrected chi connectivity index (χ0v) is 21.3. The Hall–Kier alpha value is -4.53. The van der Waals surface area contributed by atoms with E-state index in [0.717, 1.165) is 11.1 Å². The number of phenols is 1. The van der Waals surface area contributed by atoms with E-state index in [2.05, 4.69) is 20.7 Å². The summed E-state index contributed by atoms with van der Waals surface area (Å²) >= 11 is 0. The van der Waals surface area contributed by atoms with E-state index in [9.17, 15) is 14.7 Å². The minimum Gasteiger partial charge on any atom is -0.508 e. The van der Waals surface area contributed by atoms with E-state index in [4.69, 9.17) is 0 Å². The van der Waals surface area contributed by atoms with Gasteiger partial charge in [-0.05, 0) is 62.7 Å². The molecule has 0 saturated heterocycles. The van der Waals surface area contributed by atoms with Crippen LogP contribution in [0.1, 0.15) is 37.9 Å². The van der Waals surface area contributed by atoms with Crippen LogP contribution in [0.15, 0.2) is 78.9 Å². The van der Waals surface area contributed by atoms with E-state index in [1.807, 2.05) is 58.0 Å². The van der Waals surface area contributed by atoms with Crippen molar-refractivity contribution in [2.75, 3.05) is 4.90 Å². The first-order valence-electron chi connectivity index (χ1n) is 11.9. The Balaban J connectivity index is 1.71.